The second-order valence-corrected chi connectivity index (χ2v) is 5.18. The molecule has 0 unspecified atom stereocenters. The monoisotopic (exact) mass is 306 g/mol. The molecule has 1 aromatic carbocycles. The molecule has 3 nitrogen and oxygen atoms in total. The molecule has 0 fully saturated rings. The Kier molecular flexibility index (Phi) is 4.40. The molecule has 1 aromatic rings. The van der Waals surface area contributed by atoms with Gasteiger partial charge in [-0.05, 0) is 30.2 Å². The third kappa shape index (κ3) is 2.92. The smallest absolute Gasteiger partial charge is 0.101 e. The number of benzene rings is 1. The minimum atomic E-state index is 0.708. The van der Waals surface area contributed by atoms with Crippen LogP contribution in [-0.2, 0) is 4.74 Å². The van der Waals surface area contributed by atoms with Crippen molar-refractivity contribution < 1.29 is 4.74 Å². The van der Waals surface area contributed by atoms with E-state index in [9.17, 15) is 5.26 Å². The predicted octanol–water partition coefficient (Wildman–Crippen LogP) is 3.10. The van der Waals surface area contributed by atoms with Crippen molar-refractivity contribution in [3.63, 3.8) is 0 Å². The highest BCUT2D eigenvalue weighted by Crippen LogP contribution is 2.26. The van der Waals surface area contributed by atoms with E-state index >= 15 is 0 Å². The Morgan fingerprint density at radius 1 is 1.50 bits per heavy atom. The molecule has 0 spiro atoms. The van der Waals surface area contributed by atoms with E-state index in [-0.39, 0.29) is 0 Å². The third-order valence-corrected chi connectivity index (χ3v) is 3.55. The van der Waals surface area contributed by atoms with Crippen LogP contribution in [0.4, 0.5) is 5.69 Å². The summed E-state index contributed by atoms with van der Waals surface area (Å²) < 4.78 is 6.08. The van der Waals surface area contributed by atoms with Crippen LogP contribution in [0, 0.1) is 11.3 Å². The summed E-state index contributed by atoms with van der Waals surface area (Å²) in [6, 6.07) is 8.09. The fraction of sp³-hybridized carbons (Fsp3) is 0.357. The van der Waals surface area contributed by atoms with Gasteiger partial charge in [-0.25, -0.2) is 0 Å². The summed E-state index contributed by atoms with van der Waals surface area (Å²) in [5.74, 6) is 0. The van der Waals surface area contributed by atoms with Gasteiger partial charge in [0.2, 0.25) is 0 Å². The SMILES string of the molecule is COCC1=CCN(c2ccc(Br)cc2C#N)CC1. The number of rotatable bonds is 3. The van der Waals surface area contributed by atoms with Gasteiger partial charge in [0.05, 0.1) is 17.9 Å². The molecular weight excluding hydrogens is 292 g/mol. The highest BCUT2D eigenvalue weighted by molar-refractivity contribution is 9.10. The molecule has 2 rings (SSSR count). The zero-order valence-corrected chi connectivity index (χ0v) is 11.9. The number of halogens is 1. The Labute approximate surface area is 116 Å². The lowest BCUT2D eigenvalue weighted by Gasteiger charge is -2.29. The van der Waals surface area contributed by atoms with Crippen molar-refractivity contribution in [3.8, 4) is 6.07 Å². The van der Waals surface area contributed by atoms with Crippen molar-refractivity contribution in [2.75, 3.05) is 31.7 Å². The minimum absolute atomic E-state index is 0.708. The molecule has 0 aliphatic carbocycles. The highest BCUT2D eigenvalue weighted by atomic mass is 79.9. The van der Waals surface area contributed by atoms with E-state index < -0.39 is 0 Å². The van der Waals surface area contributed by atoms with E-state index in [0.29, 0.717) is 12.2 Å². The second kappa shape index (κ2) is 6.03. The average Bonchev–Trinajstić information content (AvgIpc) is 2.40. The number of methoxy groups -OCH3 is 1. The molecule has 0 atom stereocenters. The number of nitrogens with zero attached hydrogens (tertiary/aromatic N) is 2. The van der Waals surface area contributed by atoms with Gasteiger partial charge >= 0.3 is 0 Å². The van der Waals surface area contributed by atoms with E-state index in [1.165, 1.54) is 5.57 Å². The topological polar surface area (TPSA) is 36.3 Å². The maximum Gasteiger partial charge on any atom is 0.101 e. The van der Waals surface area contributed by atoms with Crippen LogP contribution in [0.2, 0.25) is 0 Å². The summed E-state index contributed by atoms with van der Waals surface area (Å²) >= 11 is 3.39. The Bertz CT molecular complexity index is 505. The Morgan fingerprint density at radius 2 is 2.33 bits per heavy atom. The van der Waals surface area contributed by atoms with Gasteiger partial charge in [0.15, 0.2) is 0 Å². The summed E-state index contributed by atoms with van der Waals surface area (Å²) in [7, 11) is 1.72. The van der Waals surface area contributed by atoms with Gasteiger partial charge in [-0.3, -0.25) is 0 Å². The molecular formula is C14H15BrN2O. The summed E-state index contributed by atoms with van der Waals surface area (Å²) in [5.41, 5.74) is 3.06. The zero-order chi connectivity index (χ0) is 13.0. The first-order chi connectivity index (χ1) is 8.74. The number of hydrogen-bond donors (Lipinski definition) is 0. The summed E-state index contributed by atoms with van der Waals surface area (Å²) in [5, 5.41) is 9.18. The molecule has 0 radical (unpaired) electrons. The normalized spacial score (nSPS) is 15.2. The molecule has 0 saturated heterocycles. The van der Waals surface area contributed by atoms with Crippen LogP contribution in [0.15, 0.2) is 34.3 Å². The van der Waals surface area contributed by atoms with Crippen molar-refractivity contribution in [1.29, 1.82) is 5.26 Å². The first-order valence-corrected chi connectivity index (χ1v) is 6.65. The van der Waals surface area contributed by atoms with Crippen molar-refractivity contribution in [3.05, 3.63) is 39.9 Å². The molecule has 1 aliphatic heterocycles. The molecule has 1 heterocycles. The van der Waals surface area contributed by atoms with Gasteiger partial charge in [-0.1, -0.05) is 22.0 Å². The first kappa shape index (κ1) is 13.1. The van der Waals surface area contributed by atoms with Gasteiger partial charge in [0.1, 0.15) is 6.07 Å². The summed E-state index contributed by atoms with van der Waals surface area (Å²) in [6.45, 7) is 2.49. The minimum Gasteiger partial charge on any atom is -0.380 e. The fourth-order valence-corrected chi connectivity index (χ4v) is 2.48. The molecule has 18 heavy (non-hydrogen) atoms. The molecule has 0 saturated carbocycles. The van der Waals surface area contributed by atoms with Crippen molar-refractivity contribution in [2.24, 2.45) is 0 Å². The Morgan fingerprint density at radius 3 is 2.94 bits per heavy atom. The predicted molar refractivity (Wildman–Crippen MR) is 75.6 cm³/mol. The number of ether oxygens (including phenoxy) is 1. The second-order valence-electron chi connectivity index (χ2n) is 4.26. The van der Waals surface area contributed by atoms with E-state index in [2.05, 4.69) is 33.0 Å². The van der Waals surface area contributed by atoms with Gasteiger partial charge in [-0.15, -0.1) is 0 Å². The molecule has 0 aromatic heterocycles. The molecule has 0 amide bonds. The van der Waals surface area contributed by atoms with Gasteiger partial charge in [0, 0.05) is 24.7 Å². The van der Waals surface area contributed by atoms with Gasteiger partial charge in [0.25, 0.3) is 0 Å². The number of hydrogen-bond acceptors (Lipinski definition) is 3. The standard InChI is InChI=1S/C14H15BrN2O/c1-18-10-11-4-6-17(7-5-11)14-3-2-13(15)8-12(14)9-16/h2-4,8H,5-7,10H2,1H3. The highest BCUT2D eigenvalue weighted by Gasteiger charge is 2.15. The van der Waals surface area contributed by atoms with Crippen LogP contribution in [0.1, 0.15) is 12.0 Å². The van der Waals surface area contributed by atoms with Crippen molar-refractivity contribution in [1.82, 2.24) is 0 Å². The molecule has 94 valence electrons. The summed E-state index contributed by atoms with van der Waals surface area (Å²) in [6.07, 6.45) is 3.19. The first-order valence-electron chi connectivity index (χ1n) is 5.86. The summed E-state index contributed by atoms with van der Waals surface area (Å²) in [4.78, 5) is 2.23. The molecule has 0 bridgehead atoms. The van der Waals surface area contributed by atoms with Gasteiger partial charge in [-0.2, -0.15) is 5.26 Å². The van der Waals surface area contributed by atoms with Crippen LogP contribution < -0.4 is 4.90 Å². The fourth-order valence-electron chi connectivity index (χ4n) is 2.12. The van der Waals surface area contributed by atoms with Gasteiger partial charge < -0.3 is 9.64 Å². The van der Waals surface area contributed by atoms with E-state index in [1.54, 1.807) is 7.11 Å². The van der Waals surface area contributed by atoms with Crippen LogP contribution in [0.5, 0.6) is 0 Å². The van der Waals surface area contributed by atoms with Crippen molar-refractivity contribution in [2.45, 2.75) is 6.42 Å². The number of anilines is 1. The Balaban J connectivity index is 2.17. The third-order valence-electron chi connectivity index (χ3n) is 3.05. The van der Waals surface area contributed by atoms with Crippen molar-refractivity contribution >= 4 is 21.6 Å². The molecule has 4 heteroatoms. The zero-order valence-electron chi connectivity index (χ0n) is 10.3. The molecule has 1 aliphatic rings. The average molecular weight is 307 g/mol. The largest absolute Gasteiger partial charge is 0.380 e. The Hall–Kier alpha value is -1.31. The van der Waals surface area contributed by atoms with Crippen LogP contribution in [-0.4, -0.2) is 26.8 Å². The van der Waals surface area contributed by atoms with E-state index in [4.69, 9.17) is 4.74 Å². The molecule has 0 N–H and O–H groups in total. The lowest BCUT2D eigenvalue weighted by atomic mass is 10.1. The number of nitriles is 1. The lowest BCUT2D eigenvalue weighted by molar-refractivity contribution is 0.222. The van der Waals surface area contributed by atoms with E-state index in [1.807, 2.05) is 18.2 Å². The lowest BCUT2D eigenvalue weighted by Crippen LogP contribution is -2.29. The van der Waals surface area contributed by atoms with Crippen LogP contribution in [0.3, 0.4) is 0 Å². The van der Waals surface area contributed by atoms with Crippen LogP contribution in [0.25, 0.3) is 0 Å². The quantitative estimate of drug-likeness (QED) is 0.805. The van der Waals surface area contributed by atoms with E-state index in [0.717, 1.165) is 29.7 Å². The maximum absolute atomic E-state index is 9.18. The van der Waals surface area contributed by atoms with Crippen LogP contribution >= 0.6 is 15.9 Å². The maximum atomic E-state index is 9.18.